The molecule has 6 heteroatoms. The minimum absolute atomic E-state index is 0.0570. The molecule has 0 aromatic heterocycles. The summed E-state index contributed by atoms with van der Waals surface area (Å²) in [6, 6.07) is 16.1. The van der Waals surface area contributed by atoms with Crippen LogP contribution in [0.4, 0.5) is 5.69 Å². The Labute approximate surface area is 207 Å². The first-order valence-electron chi connectivity index (χ1n) is 12.3. The number of fused-ring (bicyclic) bond motifs is 1. The molecule has 1 fully saturated rings. The molecule has 0 amide bonds. The number of anilines is 1. The van der Waals surface area contributed by atoms with Gasteiger partial charge >= 0.3 is 5.97 Å². The molecule has 0 bridgehead atoms. The van der Waals surface area contributed by atoms with Gasteiger partial charge in [0.25, 0.3) is 0 Å². The number of carbonyl (C=O) groups is 2. The number of hydrogen-bond donors (Lipinski definition) is 0. The van der Waals surface area contributed by atoms with Gasteiger partial charge < -0.3 is 14.4 Å². The molecule has 1 saturated carbocycles. The second kappa shape index (κ2) is 10.5. The first-order valence-corrected chi connectivity index (χ1v) is 12.3. The zero-order valence-corrected chi connectivity index (χ0v) is 21.2. The number of benzene rings is 2. The topological polar surface area (TPSA) is 68.2 Å². The van der Waals surface area contributed by atoms with Crippen LogP contribution in [0.15, 0.2) is 64.8 Å². The van der Waals surface area contributed by atoms with E-state index in [0.29, 0.717) is 24.1 Å². The van der Waals surface area contributed by atoms with Crippen molar-refractivity contribution < 1.29 is 19.1 Å². The SMILES string of the molecule is CCN(CC)c1ccc([C@@H]2C(C(=O)OC)=C(C)N=C3C[C@@H](c4ccc(OC)cc4)CC(=O)C32)cc1. The van der Waals surface area contributed by atoms with Crippen molar-refractivity contribution in [3.05, 3.63) is 70.9 Å². The van der Waals surface area contributed by atoms with Crippen LogP contribution < -0.4 is 9.64 Å². The van der Waals surface area contributed by atoms with E-state index in [0.717, 1.165) is 41.4 Å². The summed E-state index contributed by atoms with van der Waals surface area (Å²) >= 11 is 0. The molecule has 35 heavy (non-hydrogen) atoms. The molecule has 0 N–H and O–H groups in total. The molecular weight excluding hydrogens is 440 g/mol. The molecule has 1 aliphatic heterocycles. The van der Waals surface area contributed by atoms with Gasteiger partial charge in [0.1, 0.15) is 11.5 Å². The van der Waals surface area contributed by atoms with Gasteiger partial charge in [0.05, 0.1) is 25.7 Å². The van der Waals surface area contributed by atoms with Gasteiger partial charge in [-0.2, -0.15) is 0 Å². The fourth-order valence-corrected chi connectivity index (χ4v) is 5.50. The van der Waals surface area contributed by atoms with Crippen LogP contribution in [-0.4, -0.2) is 44.8 Å². The molecule has 0 radical (unpaired) electrons. The van der Waals surface area contributed by atoms with Gasteiger partial charge in [-0.3, -0.25) is 9.79 Å². The number of esters is 1. The first-order chi connectivity index (χ1) is 16.9. The molecule has 6 nitrogen and oxygen atoms in total. The number of carbonyl (C=O) groups excluding carboxylic acids is 2. The van der Waals surface area contributed by atoms with Crippen molar-refractivity contribution in [3.8, 4) is 5.75 Å². The van der Waals surface area contributed by atoms with Crippen molar-refractivity contribution in [3.63, 3.8) is 0 Å². The van der Waals surface area contributed by atoms with Crippen molar-refractivity contribution in [2.45, 2.75) is 45.4 Å². The summed E-state index contributed by atoms with van der Waals surface area (Å²) in [7, 11) is 3.02. The number of nitrogens with zero attached hydrogens (tertiary/aromatic N) is 2. The monoisotopic (exact) mass is 474 g/mol. The normalized spacial score (nSPS) is 21.8. The van der Waals surface area contributed by atoms with Crippen LogP contribution in [0.2, 0.25) is 0 Å². The lowest BCUT2D eigenvalue weighted by Gasteiger charge is -2.38. The van der Waals surface area contributed by atoms with E-state index < -0.39 is 17.8 Å². The average molecular weight is 475 g/mol. The molecule has 2 aromatic carbocycles. The zero-order chi connectivity index (χ0) is 25.1. The summed E-state index contributed by atoms with van der Waals surface area (Å²) in [6.45, 7) is 7.92. The van der Waals surface area contributed by atoms with Gasteiger partial charge in [-0.1, -0.05) is 24.3 Å². The fourth-order valence-electron chi connectivity index (χ4n) is 5.50. The van der Waals surface area contributed by atoms with Gasteiger partial charge in [-0.15, -0.1) is 0 Å². The molecule has 2 aliphatic rings. The summed E-state index contributed by atoms with van der Waals surface area (Å²) in [5, 5.41) is 0. The summed E-state index contributed by atoms with van der Waals surface area (Å²) in [6.07, 6.45) is 1.10. The van der Waals surface area contributed by atoms with Gasteiger partial charge in [-0.25, -0.2) is 4.79 Å². The molecule has 1 aliphatic carbocycles. The number of ether oxygens (including phenoxy) is 2. The predicted octanol–water partition coefficient (Wildman–Crippen LogP) is 5.29. The molecule has 2 aromatic rings. The number of rotatable bonds is 7. The van der Waals surface area contributed by atoms with Gasteiger partial charge in [-0.05, 0) is 68.5 Å². The molecule has 3 atom stereocenters. The van der Waals surface area contributed by atoms with E-state index in [1.54, 1.807) is 7.11 Å². The van der Waals surface area contributed by atoms with Crippen LogP contribution in [0.5, 0.6) is 5.75 Å². The second-order valence-corrected chi connectivity index (χ2v) is 9.16. The number of allylic oxidation sites excluding steroid dienone is 1. The highest BCUT2D eigenvalue weighted by atomic mass is 16.5. The van der Waals surface area contributed by atoms with Crippen molar-refractivity contribution >= 4 is 23.2 Å². The van der Waals surface area contributed by atoms with Crippen molar-refractivity contribution in [2.24, 2.45) is 10.9 Å². The number of aliphatic imine (C=N–C) groups is 1. The third-order valence-electron chi connectivity index (χ3n) is 7.33. The molecule has 0 spiro atoms. The molecule has 184 valence electrons. The number of methoxy groups -OCH3 is 2. The maximum absolute atomic E-state index is 13.7. The maximum atomic E-state index is 13.7. The Morgan fingerprint density at radius 3 is 2.14 bits per heavy atom. The minimum atomic E-state index is -0.457. The lowest BCUT2D eigenvalue weighted by atomic mass is 9.66. The minimum Gasteiger partial charge on any atom is -0.497 e. The van der Waals surface area contributed by atoms with E-state index in [-0.39, 0.29) is 11.7 Å². The van der Waals surface area contributed by atoms with Crippen LogP contribution >= 0.6 is 0 Å². The summed E-state index contributed by atoms with van der Waals surface area (Å²) in [5.41, 5.74) is 5.12. The predicted molar refractivity (Wildman–Crippen MR) is 138 cm³/mol. The van der Waals surface area contributed by atoms with Crippen LogP contribution in [0, 0.1) is 5.92 Å². The fraction of sp³-hybridized carbons (Fsp3) is 0.414. The maximum Gasteiger partial charge on any atom is 0.336 e. The lowest BCUT2D eigenvalue weighted by Crippen LogP contribution is -2.41. The molecular formula is C29H34N2O4. The van der Waals surface area contributed by atoms with Crippen LogP contribution in [0.3, 0.4) is 0 Å². The van der Waals surface area contributed by atoms with Crippen molar-refractivity contribution in [2.75, 3.05) is 32.2 Å². The Morgan fingerprint density at radius 2 is 1.57 bits per heavy atom. The number of ketones is 1. The van der Waals surface area contributed by atoms with Crippen LogP contribution in [0.25, 0.3) is 0 Å². The smallest absolute Gasteiger partial charge is 0.336 e. The lowest BCUT2D eigenvalue weighted by molar-refractivity contribution is -0.136. The third kappa shape index (κ3) is 4.75. The van der Waals surface area contributed by atoms with E-state index >= 15 is 0 Å². The van der Waals surface area contributed by atoms with E-state index in [1.807, 2.05) is 43.3 Å². The quantitative estimate of drug-likeness (QED) is 0.510. The Bertz CT molecular complexity index is 1140. The highest BCUT2D eigenvalue weighted by molar-refractivity contribution is 6.12. The largest absolute Gasteiger partial charge is 0.497 e. The van der Waals surface area contributed by atoms with E-state index in [4.69, 9.17) is 14.5 Å². The van der Waals surface area contributed by atoms with Gasteiger partial charge in [0.15, 0.2) is 0 Å². The van der Waals surface area contributed by atoms with E-state index in [9.17, 15) is 9.59 Å². The number of hydrogen-bond acceptors (Lipinski definition) is 6. The van der Waals surface area contributed by atoms with Gasteiger partial charge in [0, 0.05) is 42.5 Å². The Morgan fingerprint density at radius 1 is 0.943 bits per heavy atom. The standard InChI is InChI=1S/C29H34N2O4/c1-6-31(7-2)22-12-8-20(9-13-22)27-26(29(33)35-5)18(3)30-24-16-21(17-25(32)28(24)27)19-10-14-23(34-4)15-11-19/h8-15,21,27-28H,6-7,16-17H2,1-5H3/t21-,27-,28?/m1/s1. The second-order valence-electron chi connectivity index (χ2n) is 9.16. The van der Waals surface area contributed by atoms with Crippen LogP contribution in [-0.2, 0) is 14.3 Å². The highest BCUT2D eigenvalue weighted by Crippen LogP contribution is 2.46. The first kappa shape index (κ1) is 24.7. The van der Waals surface area contributed by atoms with E-state index in [1.165, 1.54) is 7.11 Å². The van der Waals surface area contributed by atoms with Crippen molar-refractivity contribution in [1.82, 2.24) is 0 Å². The summed E-state index contributed by atoms with van der Waals surface area (Å²) in [5.74, 6) is -0.317. The summed E-state index contributed by atoms with van der Waals surface area (Å²) < 4.78 is 10.4. The number of Topliss-reactive ketones (excluding diaryl/α,β-unsaturated/α-hetero) is 1. The molecule has 0 saturated heterocycles. The molecule has 1 heterocycles. The zero-order valence-electron chi connectivity index (χ0n) is 21.2. The molecule has 1 unspecified atom stereocenters. The molecule has 4 rings (SSSR count). The highest BCUT2D eigenvalue weighted by Gasteiger charge is 2.46. The Hall–Kier alpha value is -3.41. The average Bonchev–Trinajstić information content (AvgIpc) is 2.88. The Balaban J connectivity index is 1.72. The van der Waals surface area contributed by atoms with Crippen LogP contribution in [0.1, 0.15) is 56.6 Å². The third-order valence-corrected chi connectivity index (χ3v) is 7.33. The summed E-state index contributed by atoms with van der Waals surface area (Å²) in [4.78, 5) is 33.6. The Kier molecular flexibility index (Phi) is 7.39. The van der Waals surface area contributed by atoms with Gasteiger partial charge in [0.2, 0.25) is 0 Å². The van der Waals surface area contributed by atoms with Crippen molar-refractivity contribution in [1.29, 1.82) is 0 Å². The van der Waals surface area contributed by atoms with E-state index in [2.05, 4.69) is 30.9 Å².